The molecule has 3 aromatic rings. The van der Waals surface area contributed by atoms with Gasteiger partial charge in [0.15, 0.2) is 5.58 Å². The van der Waals surface area contributed by atoms with Gasteiger partial charge in [-0.1, -0.05) is 36.4 Å². The molecule has 126 valence electrons. The zero-order chi connectivity index (χ0) is 18.1. The first kappa shape index (κ1) is 15.6. The lowest BCUT2D eigenvalue weighted by molar-refractivity contribution is -0.135. The van der Waals surface area contributed by atoms with Crippen molar-refractivity contribution in [1.29, 1.82) is 0 Å². The molecule has 1 N–H and O–H groups in total. The summed E-state index contributed by atoms with van der Waals surface area (Å²) in [5, 5.41) is 3.03. The largest absolute Gasteiger partial charge is 0.474 e. The number of aliphatic imine (C=N–C) groups is 1. The van der Waals surface area contributed by atoms with Crippen molar-refractivity contribution in [3.05, 3.63) is 76.8 Å². The van der Waals surface area contributed by atoms with Gasteiger partial charge in [-0.2, -0.15) is 9.98 Å². The van der Waals surface area contributed by atoms with Gasteiger partial charge in [0.25, 0.3) is 5.70 Å². The Hall–Kier alpha value is -3.92. The number of rotatable bonds is 2. The van der Waals surface area contributed by atoms with Crippen LogP contribution in [0, 0.1) is 6.57 Å². The van der Waals surface area contributed by atoms with Crippen molar-refractivity contribution in [1.82, 2.24) is 10.3 Å². The summed E-state index contributed by atoms with van der Waals surface area (Å²) in [7, 11) is 1.24. The van der Waals surface area contributed by atoms with E-state index in [2.05, 4.69) is 20.1 Å². The summed E-state index contributed by atoms with van der Waals surface area (Å²) in [4.78, 5) is 24.0. The van der Waals surface area contributed by atoms with E-state index in [-0.39, 0.29) is 11.7 Å². The number of amidine groups is 1. The van der Waals surface area contributed by atoms with E-state index < -0.39 is 5.97 Å². The number of fused-ring (bicyclic) bond motifs is 2. The molecule has 2 heterocycles. The number of aromatic nitrogens is 1. The summed E-state index contributed by atoms with van der Waals surface area (Å²) in [6, 6.07) is 14.9. The number of ether oxygens (including phenoxy) is 1. The van der Waals surface area contributed by atoms with Crippen LogP contribution in [-0.4, -0.2) is 23.9 Å². The van der Waals surface area contributed by atoms with E-state index in [0.29, 0.717) is 28.2 Å². The second kappa shape index (κ2) is 6.18. The second-order valence-corrected chi connectivity index (χ2v) is 5.42. The number of methoxy groups -OCH3 is 1. The molecule has 0 atom stereocenters. The normalized spacial score (nSPS) is 16.1. The molecule has 4 rings (SSSR count). The Bertz CT molecular complexity index is 1100. The van der Waals surface area contributed by atoms with E-state index >= 15 is 0 Å². The molecule has 1 aliphatic heterocycles. The predicted octanol–water partition coefficient (Wildman–Crippen LogP) is 3.27. The summed E-state index contributed by atoms with van der Waals surface area (Å²) < 4.78 is 10.3. The van der Waals surface area contributed by atoms with Crippen LogP contribution in [0.25, 0.3) is 21.6 Å². The van der Waals surface area contributed by atoms with Gasteiger partial charge in [0, 0.05) is 5.56 Å². The zero-order valence-corrected chi connectivity index (χ0v) is 13.7. The number of esters is 1. The van der Waals surface area contributed by atoms with Gasteiger partial charge in [-0.3, -0.25) is 4.79 Å². The highest BCUT2D eigenvalue weighted by atomic mass is 16.5. The molecule has 0 saturated heterocycles. The smallest absolute Gasteiger partial charge is 0.338 e. The fraction of sp³-hybridized carbons (Fsp3) is 0.0526. The predicted molar refractivity (Wildman–Crippen MR) is 95.3 cm³/mol. The van der Waals surface area contributed by atoms with Gasteiger partial charge >= 0.3 is 12.0 Å². The quantitative estimate of drug-likeness (QED) is 0.438. The topological polar surface area (TPSA) is 81.1 Å². The summed E-state index contributed by atoms with van der Waals surface area (Å²) >= 11 is 0. The molecule has 2 aromatic carbocycles. The molecule has 0 spiro atoms. The molecule has 26 heavy (non-hydrogen) atoms. The van der Waals surface area contributed by atoms with Gasteiger partial charge in [-0.25, -0.2) is 4.85 Å². The highest BCUT2D eigenvalue weighted by molar-refractivity contribution is 6.16. The maximum Gasteiger partial charge on any atom is 0.338 e. The zero-order valence-electron chi connectivity index (χ0n) is 13.7. The van der Waals surface area contributed by atoms with Crippen molar-refractivity contribution in [2.75, 3.05) is 7.11 Å². The summed E-state index contributed by atoms with van der Waals surface area (Å²) in [5.41, 5.74) is 2.99. The number of carbonyl (C=O) groups is 1. The minimum atomic E-state index is -0.708. The molecule has 0 bridgehead atoms. The number of hydrogen-bond acceptors (Lipinski definition) is 5. The molecule has 0 unspecified atom stereocenters. The van der Waals surface area contributed by atoms with Crippen LogP contribution in [0.1, 0.15) is 11.1 Å². The van der Waals surface area contributed by atoms with Gasteiger partial charge in [-0.05, 0) is 17.7 Å². The highest BCUT2D eigenvalue weighted by Crippen LogP contribution is 2.30. The molecule has 1 aliphatic rings. The SMILES string of the molecule is [C-]#[N+]/C(C(=O)OC)=C1/NC(=Nc2nc3ccccc3o2)c2ccccc21. The first-order valence-electron chi connectivity index (χ1n) is 7.72. The lowest BCUT2D eigenvalue weighted by Crippen LogP contribution is -2.17. The molecule has 1 aromatic heterocycles. The highest BCUT2D eigenvalue weighted by Gasteiger charge is 2.28. The summed E-state index contributed by atoms with van der Waals surface area (Å²) in [5.74, 6) is -0.257. The fourth-order valence-corrected chi connectivity index (χ4v) is 2.74. The third-order valence-corrected chi connectivity index (χ3v) is 3.91. The van der Waals surface area contributed by atoms with Gasteiger partial charge in [-0.15, -0.1) is 0 Å². The molecule has 7 nitrogen and oxygen atoms in total. The van der Waals surface area contributed by atoms with Crippen LogP contribution < -0.4 is 5.32 Å². The Balaban J connectivity index is 1.85. The minimum Gasteiger partial charge on any atom is -0.474 e. The number of nitrogens with zero attached hydrogens (tertiary/aromatic N) is 3. The first-order chi connectivity index (χ1) is 12.7. The number of para-hydroxylation sites is 2. The minimum absolute atomic E-state index is 0.136. The number of oxazole rings is 1. The number of hydrogen-bond donors (Lipinski definition) is 1. The Labute approximate surface area is 148 Å². The molecule has 0 amide bonds. The Morgan fingerprint density at radius 2 is 1.92 bits per heavy atom. The Kier molecular flexibility index (Phi) is 3.71. The van der Waals surface area contributed by atoms with Crippen molar-refractivity contribution in [3.8, 4) is 0 Å². The van der Waals surface area contributed by atoms with E-state index in [1.165, 1.54) is 7.11 Å². The van der Waals surface area contributed by atoms with E-state index in [9.17, 15) is 4.79 Å². The molecule has 0 fully saturated rings. The van der Waals surface area contributed by atoms with Crippen molar-refractivity contribution in [2.24, 2.45) is 4.99 Å². The van der Waals surface area contributed by atoms with Crippen molar-refractivity contribution in [2.45, 2.75) is 0 Å². The number of carbonyl (C=O) groups excluding carboxylic acids is 1. The molecule has 0 aliphatic carbocycles. The molecule has 0 saturated carbocycles. The molecule has 0 radical (unpaired) electrons. The standard InChI is InChI=1S/C19H12N4O3/c1-20-16(18(24)25-2)15-11-7-3-4-8-12(11)17(22-15)23-19-21-13-9-5-6-10-14(13)26-19/h3-10H,2H3,(H,21,22,23)/b16-15+. The third-order valence-electron chi connectivity index (χ3n) is 3.91. The monoisotopic (exact) mass is 344 g/mol. The number of nitrogens with one attached hydrogen (secondary N) is 1. The first-order valence-corrected chi connectivity index (χ1v) is 7.72. The van der Waals surface area contributed by atoms with Crippen LogP contribution in [0.15, 0.2) is 63.6 Å². The number of benzene rings is 2. The van der Waals surface area contributed by atoms with Crippen molar-refractivity contribution in [3.63, 3.8) is 0 Å². The fourth-order valence-electron chi connectivity index (χ4n) is 2.74. The Morgan fingerprint density at radius 3 is 2.65 bits per heavy atom. The maximum absolute atomic E-state index is 11.9. The average Bonchev–Trinajstić information content (AvgIpc) is 3.24. The van der Waals surface area contributed by atoms with Crippen LogP contribution in [0.2, 0.25) is 0 Å². The van der Waals surface area contributed by atoms with Gasteiger partial charge in [0.05, 0.1) is 19.4 Å². The van der Waals surface area contributed by atoms with Gasteiger partial charge < -0.3 is 14.5 Å². The van der Waals surface area contributed by atoms with Gasteiger partial charge in [0.1, 0.15) is 11.4 Å². The Morgan fingerprint density at radius 1 is 1.19 bits per heavy atom. The van der Waals surface area contributed by atoms with E-state index in [1.807, 2.05) is 42.5 Å². The van der Waals surface area contributed by atoms with Crippen LogP contribution >= 0.6 is 0 Å². The molecule has 7 heteroatoms. The van der Waals surface area contributed by atoms with E-state index in [0.717, 1.165) is 5.56 Å². The molecular weight excluding hydrogens is 332 g/mol. The maximum atomic E-state index is 11.9. The van der Waals surface area contributed by atoms with Gasteiger partial charge in [0.2, 0.25) is 0 Å². The summed E-state index contributed by atoms with van der Waals surface area (Å²) in [6.45, 7) is 7.32. The third kappa shape index (κ3) is 2.50. The lowest BCUT2D eigenvalue weighted by atomic mass is 10.1. The van der Waals surface area contributed by atoms with E-state index in [1.54, 1.807) is 6.07 Å². The van der Waals surface area contributed by atoms with Crippen LogP contribution in [0.5, 0.6) is 0 Å². The average molecular weight is 344 g/mol. The van der Waals surface area contributed by atoms with Crippen LogP contribution in [0.3, 0.4) is 0 Å². The van der Waals surface area contributed by atoms with Crippen LogP contribution in [-0.2, 0) is 9.53 Å². The van der Waals surface area contributed by atoms with Crippen molar-refractivity contribution < 1.29 is 13.9 Å². The van der Waals surface area contributed by atoms with E-state index in [4.69, 9.17) is 15.7 Å². The van der Waals surface area contributed by atoms with Crippen LogP contribution in [0.4, 0.5) is 6.01 Å². The lowest BCUT2D eigenvalue weighted by Gasteiger charge is -2.03. The second-order valence-electron chi connectivity index (χ2n) is 5.42. The molecular formula is C19H12N4O3. The van der Waals surface area contributed by atoms with Crippen molar-refractivity contribution >= 4 is 34.6 Å². The summed E-state index contributed by atoms with van der Waals surface area (Å²) in [6.07, 6.45) is 0.